The maximum Gasteiger partial charge on any atom is 0.767 e. The van der Waals surface area contributed by atoms with Gasteiger partial charge in [-0.05, 0) is 5.56 Å². The molecule has 0 aliphatic carbocycles. The van der Waals surface area contributed by atoms with Crippen molar-refractivity contribution in [2.75, 3.05) is 13.7 Å². The van der Waals surface area contributed by atoms with Gasteiger partial charge >= 0.3 is 9.17 Å². The summed E-state index contributed by atoms with van der Waals surface area (Å²) in [6, 6.07) is 9.91. The van der Waals surface area contributed by atoms with Gasteiger partial charge in [0.2, 0.25) is 0 Å². The molecule has 1 aromatic carbocycles. The third-order valence-electron chi connectivity index (χ3n) is 1.62. The van der Waals surface area contributed by atoms with Crippen molar-refractivity contribution in [2.45, 2.75) is 6.42 Å². The highest BCUT2D eigenvalue weighted by atomic mass is 28.3. The van der Waals surface area contributed by atoms with Gasteiger partial charge in [-0.1, -0.05) is 30.3 Å². The first-order valence-electron chi connectivity index (χ1n) is 4.07. The second kappa shape index (κ2) is 5.48. The molecule has 0 atom stereocenters. The molecule has 0 N–H and O–H groups in total. The van der Waals surface area contributed by atoms with Gasteiger partial charge in [0, 0.05) is 6.42 Å². The van der Waals surface area contributed by atoms with Gasteiger partial charge in [-0.2, -0.15) is 0 Å². The van der Waals surface area contributed by atoms with Gasteiger partial charge in [0.05, 0.1) is 13.7 Å². The van der Waals surface area contributed by atoms with Crippen LogP contribution in [0.5, 0.6) is 0 Å². The smallest absolute Gasteiger partial charge is 0.499 e. The van der Waals surface area contributed by atoms with Crippen molar-refractivity contribution in [1.82, 2.24) is 0 Å². The number of hydrogen-bond donors (Lipinski definition) is 0. The van der Waals surface area contributed by atoms with E-state index in [1.54, 1.807) is 0 Å². The Morgan fingerprint density at radius 3 is 2.62 bits per heavy atom. The molecule has 0 unspecified atom stereocenters. The van der Waals surface area contributed by atoms with E-state index in [9.17, 15) is 4.46 Å². The highest BCUT2D eigenvalue weighted by Gasteiger charge is 2.06. The zero-order valence-electron chi connectivity index (χ0n) is 7.53. The predicted octanol–water partition coefficient (Wildman–Crippen LogP) is 1.31. The van der Waals surface area contributed by atoms with Crippen molar-refractivity contribution in [2.24, 2.45) is 0 Å². The highest BCUT2D eigenvalue weighted by molar-refractivity contribution is 6.26. The molecular formula is C9H12O3Si. The van der Waals surface area contributed by atoms with Gasteiger partial charge in [0.15, 0.2) is 0 Å². The SMILES string of the molecule is CO[Si](=O)OCCc1ccccc1. The lowest BCUT2D eigenvalue weighted by molar-refractivity contribution is 0.199. The number of rotatable bonds is 5. The third-order valence-corrected chi connectivity index (χ3v) is 2.39. The van der Waals surface area contributed by atoms with Crippen molar-refractivity contribution in [1.29, 1.82) is 0 Å². The first kappa shape index (κ1) is 9.92. The molecule has 4 heteroatoms. The van der Waals surface area contributed by atoms with E-state index in [-0.39, 0.29) is 0 Å². The molecule has 0 saturated carbocycles. The van der Waals surface area contributed by atoms with Crippen LogP contribution in [0.15, 0.2) is 30.3 Å². The zero-order chi connectivity index (χ0) is 9.52. The molecule has 1 rings (SSSR count). The van der Waals surface area contributed by atoms with E-state index in [1.807, 2.05) is 30.3 Å². The summed E-state index contributed by atoms with van der Waals surface area (Å²) in [7, 11) is -0.870. The van der Waals surface area contributed by atoms with Crippen LogP contribution in [0.3, 0.4) is 0 Å². The van der Waals surface area contributed by atoms with Crippen LogP contribution in [0.25, 0.3) is 0 Å². The summed E-state index contributed by atoms with van der Waals surface area (Å²) < 4.78 is 20.2. The van der Waals surface area contributed by atoms with E-state index < -0.39 is 9.17 Å². The molecule has 0 aromatic heterocycles. The van der Waals surface area contributed by atoms with E-state index in [0.717, 1.165) is 6.42 Å². The minimum absolute atomic E-state index is 0.440. The lowest BCUT2D eigenvalue weighted by Gasteiger charge is -2.02. The number of hydrogen-bond acceptors (Lipinski definition) is 3. The minimum atomic E-state index is -2.25. The maximum absolute atomic E-state index is 10.7. The van der Waals surface area contributed by atoms with E-state index in [2.05, 4.69) is 4.43 Å². The first-order chi connectivity index (χ1) is 6.33. The molecule has 0 spiro atoms. The van der Waals surface area contributed by atoms with Gasteiger partial charge in [-0.15, -0.1) is 0 Å². The second-order valence-electron chi connectivity index (χ2n) is 2.54. The summed E-state index contributed by atoms with van der Waals surface area (Å²) in [5.74, 6) is 0. The molecule has 3 nitrogen and oxygen atoms in total. The third kappa shape index (κ3) is 3.84. The molecule has 0 fully saturated rings. The topological polar surface area (TPSA) is 35.5 Å². The summed E-state index contributed by atoms with van der Waals surface area (Å²) in [6.45, 7) is 0.440. The van der Waals surface area contributed by atoms with Crippen LogP contribution < -0.4 is 0 Å². The lowest BCUT2D eigenvalue weighted by Crippen LogP contribution is -2.11. The van der Waals surface area contributed by atoms with E-state index in [1.165, 1.54) is 12.7 Å². The van der Waals surface area contributed by atoms with Crippen molar-refractivity contribution < 1.29 is 13.3 Å². The summed E-state index contributed by atoms with van der Waals surface area (Å²) in [5.41, 5.74) is 1.17. The average molecular weight is 196 g/mol. The van der Waals surface area contributed by atoms with Crippen LogP contribution in [-0.4, -0.2) is 22.9 Å². The van der Waals surface area contributed by atoms with Crippen LogP contribution in [0.2, 0.25) is 0 Å². The Hall–Kier alpha value is -1.16. The fraction of sp³-hybridized carbons (Fsp3) is 0.333. The Kier molecular flexibility index (Phi) is 4.18. The Bertz CT molecular complexity index is 261. The van der Waals surface area contributed by atoms with Crippen molar-refractivity contribution >= 4 is 9.17 Å². The quantitative estimate of drug-likeness (QED) is 0.666. The molecule has 0 bridgehead atoms. The van der Waals surface area contributed by atoms with E-state index >= 15 is 0 Å². The van der Waals surface area contributed by atoms with Gasteiger partial charge in [0.1, 0.15) is 0 Å². The molecule has 70 valence electrons. The Balaban J connectivity index is 2.24. The van der Waals surface area contributed by atoms with Crippen molar-refractivity contribution in [3.63, 3.8) is 0 Å². The standard InChI is InChI=1S/C9H12O3Si/c1-11-13(10)12-8-7-9-5-3-2-4-6-9/h2-6H,7-8H2,1H3. The van der Waals surface area contributed by atoms with E-state index in [4.69, 9.17) is 4.43 Å². The second-order valence-corrected chi connectivity index (χ2v) is 3.74. The molecule has 0 saturated heterocycles. The largest absolute Gasteiger partial charge is 0.767 e. The van der Waals surface area contributed by atoms with Crippen LogP contribution in [-0.2, 0) is 19.7 Å². The Morgan fingerprint density at radius 2 is 2.00 bits per heavy atom. The lowest BCUT2D eigenvalue weighted by atomic mass is 10.2. The number of benzene rings is 1. The van der Waals surface area contributed by atoms with Crippen molar-refractivity contribution in [3.8, 4) is 0 Å². The summed E-state index contributed by atoms with van der Waals surface area (Å²) in [5, 5.41) is 0. The predicted molar refractivity (Wildman–Crippen MR) is 49.5 cm³/mol. The molecule has 0 heterocycles. The molecule has 0 aliphatic heterocycles. The summed E-state index contributed by atoms with van der Waals surface area (Å²) in [6.07, 6.45) is 0.764. The van der Waals surface area contributed by atoms with Crippen molar-refractivity contribution in [3.05, 3.63) is 35.9 Å². The normalized spacial score (nSPS) is 9.31. The zero-order valence-corrected chi connectivity index (χ0v) is 8.53. The van der Waals surface area contributed by atoms with Crippen LogP contribution in [0, 0.1) is 0 Å². The molecule has 0 aliphatic rings. The minimum Gasteiger partial charge on any atom is -0.499 e. The Labute approximate surface area is 79.2 Å². The molecule has 0 radical (unpaired) electrons. The van der Waals surface area contributed by atoms with Crippen LogP contribution in [0.4, 0.5) is 0 Å². The fourth-order valence-corrected chi connectivity index (χ4v) is 1.34. The van der Waals surface area contributed by atoms with E-state index in [0.29, 0.717) is 6.61 Å². The molecule has 1 aromatic rings. The summed E-state index contributed by atoms with van der Waals surface area (Å²) >= 11 is 0. The maximum atomic E-state index is 10.7. The molecule has 13 heavy (non-hydrogen) atoms. The first-order valence-corrected chi connectivity index (χ1v) is 5.30. The van der Waals surface area contributed by atoms with Crippen LogP contribution >= 0.6 is 0 Å². The summed E-state index contributed by atoms with van der Waals surface area (Å²) in [4.78, 5) is 0. The molecule has 0 amide bonds. The Morgan fingerprint density at radius 1 is 1.31 bits per heavy atom. The van der Waals surface area contributed by atoms with Gasteiger partial charge in [-0.25, -0.2) is 0 Å². The highest BCUT2D eigenvalue weighted by Crippen LogP contribution is 1.99. The van der Waals surface area contributed by atoms with Gasteiger partial charge < -0.3 is 8.85 Å². The molecular weight excluding hydrogens is 184 g/mol. The fourth-order valence-electron chi connectivity index (χ4n) is 0.956. The van der Waals surface area contributed by atoms with Gasteiger partial charge in [0.25, 0.3) is 0 Å². The van der Waals surface area contributed by atoms with Crippen LogP contribution in [0.1, 0.15) is 5.56 Å². The van der Waals surface area contributed by atoms with Gasteiger partial charge in [-0.3, -0.25) is 4.46 Å². The average Bonchev–Trinajstić information content (AvgIpc) is 2.19. The monoisotopic (exact) mass is 196 g/mol.